The molecular formula is C49H27N5O2S. The number of para-hydroxylation sites is 1. The zero-order valence-electron chi connectivity index (χ0n) is 30.0. The fourth-order valence-electron chi connectivity index (χ4n) is 7.78. The van der Waals surface area contributed by atoms with Crippen molar-refractivity contribution in [2.75, 3.05) is 0 Å². The second kappa shape index (κ2) is 12.5. The second-order valence-electron chi connectivity index (χ2n) is 14.0. The molecule has 5 aromatic heterocycles. The molecule has 0 saturated carbocycles. The first-order valence-corrected chi connectivity index (χ1v) is 19.5. The molecule has 0 amide bonds. The van der Waals surface area contributed by atoms with Crippen LogP contribution in [0.4, 0.5) is 0 Å². The van der Waals surface area contributed by atoms with Crippen molar-refractivity contribution in [2.45, 2.75) is 0 Å². The number of nitrogens with zero attached hydrogens (tertiary/aromatic N) is 5. The Morgan fingerprint density at radius 2 is 0.842 bits per heavy atom. The molecule has 7 aromatic carbocycles. The van der Waals surface area contributed by atoms with Crippen molar-refractivity contribution >= 4 is 75.5 Å². The van der Waals surface area contributed by atoms with E-state index in [0.29, 0.717) is 23.3 Å². The van der Waals surface area contributed by atoms with Crippen LogP contribution >= 0.6 is 11.3 Å². The molecule has 0 radical (unpaired) electrons. The lowest BCUT2D eigenvalue weighted by Crippen LogP contribution is -2.00. The van der Waals surface area contributed by atoms with E-state index in [4.69, 9.17) is 33.8 Å². The van der Waals surface area contributed by atoms with Gasteiger partial charge in [0.2, 0.25) is 0 Å². The maximum absolute atomic E-state index is 6.50. The van der Waals surface area contributed by atoms with Crippen molar-refractivity contribution in [1.29, 1.82) is 0 Å². The monoisotopic (exact) mass is 749 g/mol. The Hall–Kier alpha value is -7.55. The summed E-state index contributed by atoms with van der Waals surface area (Å²) in [4.78, 5) is 25.4. The van der Waals surface area contributed by atoms with Gasteiger partial charge >= 0.3 is 0 Å². The molecule has 0 unspecified atom stereocenters. The van der Waals surface area contributed by atoms with Crippen molar-refractivity contribution in [1.82, 2.24) is 24.9 Å². The molecule has 0 aliphatic carbocycles. The number of rotatable bonds is 5. The number of benzene rings is 7. The summed E-state index contributed by atoms with van der Waals surface area (Å²) in [5.74, 6) is 2.37. The van der Waals surface area contributed by atoms with Gasteiger partial charge < -0.3 is 8.83 Å². The minimum atomic E-state index is 0.563. The molecule has 12 rings (SSSR count). The number of furan rings is 2. The van der Waals surface area contributed by atoms with E-state index in [2.05, 4.69) is 66.7 Å². The van der Waals surface area contributed by atoms with Crippen LogP contribution in [-0.2, 0) is 0 Å². The van der Waals surface area contributed by atoms with Gasteiger partial charge in [-0.1, -0.05) is 109 Å². The standard InChI is InChI=1S/C49H27N5O2S/c1-3-11-28(12-4-1)43-45-44(36-16-8-10-18-42(36)57-45)51-47(50-43)31-20-23-35-37-25-30(21-24-39(37)56-41(35)26-31)48-52-46(29-13-5-2-6-14-29)53-49(54-48)32-19-22-34-33-15-7-9-17-38(33)55-40(34)27-32/h1-27H. The summed E-state index contributed by atoms with van der Waals surface area (Å²) in [5.41, 5.74) is 9.57. The molecule has 0 atom stereocenters. The van der Waals surface area contributed by atoms with Crippen LogP contribution in [0.3, 0.4) is 0 Å². The molecule has 0 aliphatic rings. The van der Waals surface area contributed by atoms with Crippen LogP contribution in [0.15, 0.2) is 173 Å². The first kappa shape index (κ1) is 31.8. The molecule has 12 aromatic rings. The van der Waals surface area contributed by atoms with Crippen LogP contribution in [-0.4, -0.2) is 24.9 Å². The van der Waals surface area contributed by atoms with Gasteiger partial charge in [0, 0.05) is 59.4 Å². The topological polar surface area (TPSA) is 90.7 Å². The molecule has 5 heterocycles. The molecule has 7 nitrogen and oxygen atoms in total. The Morgan fingerprint density at radius 1 is 0.333 bits per heavy atom. The van der Waals surface area contributed by atoms with Gasteiger partial charge in [-0.2, -0.15) is 0 Å². The van der Waals surface area contributed by atoms with Crippen LogP contribution in [0.1, 0.15) is 0 Å². The quantitative estimate of drug-likeness (QED) is 0.173. The zero-order valence-corrected chi connectivity index (χ0v) is 30.9. The number of hydrogen-bond donors (Lipinski definition) is 0. The minimum Gasteiger partial charge on any atom is -0.456 e. The third-order valence-corrected chi connectivity index (χ3v) is 11.7. The van der Waals surface area contributed by atoms with E-state index in [1.165, 1.54) is 4.70 Å². The smallest absolute Gasteiger partial charge is 0.164 e. The van der Waals surface area contributed by atoms with Gasteiger partial charge in [0.05, 0.1) is 15.9 Å². The van der Waals surface area contributed by atoms with Gasteiger partial charge in [-0.15, -0.1) is 11.3 Å². The summed E-state index contributed by atoms with van der Waals surface area (Å²) in [7, 11) is 0. The van der Waals surface area contributed by atoms with E-state index in [9.17, 15) is 0 Å². The van der Waals surface area contributed by atoms with E-state index in [0.717, 1.165) is 93.0 Å². The predicted octanol–water partition coefficient (Wildman–Crippen LogP) is 13.2. The normalized spacial score (nSPS) is 11.9. The van der Waals surface area contributed by atoms with E-state index in [1.807, 2.05) is 97.1 Å². The number of fused-ring (bicyclic) bond motifs is 9. The molecule has 0 fully saturated rings. The van der Waals surface area contributed by atoms with Gasteiger partial charge in [-0.3, -0.25) is 0 Å². The van der Waals surface area contributed by atoms with Crippen LogP contribution in [0.5, 0.6) is 0 Å². The highest BCUT2D eigenvalue weighted by Crippen LogP contribution is 2.41. The summed E-state index contributed by atoms with van der Waals surface area (Å²) >= 11 is 1.73. The molecule has 0 aliphatic heterocycles. The lowest BCUT2D eigenvalue weighted by atomic mass is 10.1. The minimum absolute atomic E-state index is 0.563. The molecule has 266 valence electrons. The fourth-order valence-corrected chi connectivity index (χ4v) is 8.94. The van der Waals surface area contributed by atoms with Crippen molar-refractivity contribution in [2.24, 2.45) is 0 Å². The van der Waals surface area contributed by atoms with E-state index < -0.39 is 0 Å². The SMILES string of the molecule is c1ccc(-c2nc(-c3ccc4c(c3)oc3ccccc34)nc(-c3ccc4oc5cc(-c6nc(-c7ccccc7)c7sc8ccccc8c7n6)ccc5c4c3)n2)cc1. The van der Waals surface area contributed by atoms with Crippen LogP contribution in [0.25, 0.3) is 121 Å². The summed E-state index contributed by atoms with van der Waals surface area (Å²) in [6.07, 6.45) is 0. The van der Waals surface area contributed by atoms with Gasteiger partial charge in [-0.05, 0) is 54.6 Å². The van der Waals surface area contributed by atoms with Gasteiger partial charge in [0.15, 0.2) is 23.3 Å². The Kier molecular flexibility index (Phi) is 6.96. The van der Waals surface area contributed by atoms with Crippen molar-refractivity contribution < 1.29 is 8.83 Å². The second-order valence-corrected chi connectivity index (χ2v) is 15.1. The predicted molar refractivity (Wildman–Crippen MR) is 230 cm³/mol. The Labute approximate surface area is 328 Å². The van der Waals surface area contributed by atoms with Crippen molar-refractivity contribution in [3.8, 4) is 56.8 Å². The average molecular weight is 750 g/mol. The van der Waals surface area contributed by atoms with Crippen LogP contribution < -0.4 is 0 Å². The first-order valence-electron chi connectivity index (χ1n) is 18.7. The van der Waals surface area contributed by atoms with Crippen LogP contribution in [0, 0.1) is 0 Å². The van der Waals surface area contributed by atoms with Crippen LogP contribution in [0.2, 0.25) is 0 Å². The van der Waals surface area contributed by atoms with Gasteiger partial charge in [0.25, 0.3) is 0 Å². The number of thiophene rings is 1. The summed E-state index contributed by atoms with van der Waals surface area (Å²) in [6.45, 7) is 0. The lowest BCUT2D eigenvalue weighted by molar-refractivity contribution is 0.668. The molecule has 57 heavy (non-hydrogen) atoms. The van der Waals surface area contributed by atoms with Crippen molar-refractivity contribution in [3.05, 3.63) is 164 Å². The van der Waals surface area contributed by atoms with E-state index in [-0.39, 0.29) is 0 Å². The highest BCUT2D eigenvalue weighted by molar-refractivity contribution is 7.26. The molecule has 0 spiro atoms. The summed E-state index contributed by atoms with van der Waals surface area (Å²) in [6, 6.07) is 55.3. The maximum atomic E-state index is 6.50. The van der Waals surface area contributed by atoms with E-state index >= 15 is 0 Å². The summed E-state index contributed by atoms with van der Waals surface area (Å²) in [5, 5.41) is 5.20. The Morgan fingerprint density at radius 3 is 1.56 bits per heavy atom. The number of aromatic nitrogens is 5. The lowest BCUT2D eigenvalue weighted by Gasteiger charge is -2.08. The molecule has 8 heteroatoms. The molecule has 0 bridgehead atoms. The fraction of sp³-hybridized carbons (Fsp3) is 0. The third-order valence-electron chi connectivity index (χ3n) is 10.6. The first-order chi connectivity index (χ1) is 28.2. The van der Waals surface area contributed by atoms with Gasteiger partial charge in [-0.25, -0.2) is 24.9 Å². The number of hydrogen-bond acceptors (Lipinski definition) is 8. The molecule has 0 N–H and O–H groups in total. The highest BCUT2D eigenvalue weighted by atomic mass is 32.1. The van der Waals surface area contributed by atoms with Crippen molar-refractivity contribution in [3.63, 3.8) is 0 Å². The largest absolute Gasteiger partial charge is 0.456 e. The van der Waals surface area contributed by atoms with E-state index in [1.54, 1.807) is 11.3 Å². The molecule has 0 saturated heterocycles. The zero-order chi connectivity index (χ0) is 37.5. The molecular weight excluding hydrogens is 723 g/mol. The highest BCUT2D eigenvalue weighted by Gasteiger charge is 2.19. The third kappa shape index (κ3) is 5.22. The Balaban J connectivity index is 0.984. The average Bonchev–Trinajstić information content (AvgIpc) is 3.97. The summed E-state index contributed by atoms with van der Waals surface area (Å²) < 4.78 is 15.0. The Bertz CT molecular complexity index is 3540. The maximum Gasteiger partial charge on any atom is 0.164 e. The van der Waals surface area contributed by atoms with Gasteiger partial charge in [0.1, 0.15) is 22.3 Å².